The van der Waals surface area contributed by atoms with E-state index in [0.29, 0.717) is 26.9 Å². The first kappa shape index (κ1) is 26.0. The maximum atomic E-state index is 13.9. The molecule has 200 valence electrons. The molecule has 0 spiro atoms. The number of nitrogens with zero attached hydrogens (tertiary/aromatic N) is 2. The van der Waals surface area contributed by atoms with Gasteiger partial charge in [-0.05, 0) is 23.3 Å². The third kappa shape index (κ3) is 4.92. The van der Waals surface area contributed by atoms with Crippen LogP contribution in [0.1, 0.15) is 32.5 Å². The van der Waals surface area contributed by atoms with Crippen molar-refractivity contribution in [2.75, 3.05) is 11.1 Å². The monoisotopic (exact) mass is 568 g/mol. The summed E-state index contributed by atoms with van der Waals surface area (Å²) in [5.41, 5.74) is 8.98. The number of fused-ring (bicyclic) bond motifs is 1. The minimum absolute atomic E-state index is 0.164. The van der Waals surface area contributed by atoms with Crippen molar-refractivity contribution in [3.05, 3.63) is 124 Å². The van der Waals surface area contributed by atoms with Gasteiger partial charge >= 0.3 is 5.97 Å². The van der Waals surface area contributed by atoms with Gasteiger partial charge in [-0.3, -0.25) is 19.8 Å². The molecule has 4 aromatic rings. The molecule has 1 saturated heterocycles. The van der Waals surface area contributed by atoms with E-state index in [1.807, 2.05) is 66.7 Å². The lowest BCUT2D eigenvalue weighted by Gasteiger charge is -2.48. The number of nitrogens with two attached hydrogens (primary N) is 1. The van der Waals surface area contributed by atoms with E-state index in [2.05, 4.69) is 10.3 Å². The average Bonchev–Trinajstić information content (AvgIpc) is 3.48. The van der Waals surface area contributed by atoms with Crippen molar-refractivity contribution in [1.82, 2.24) is 9.88 Å². The molecule has 2 amide bonds. The Morgan fingerprint density at radius 1 is 0.950 bits per heavy atom. The Hall–Kier alpha value is -4.25. The topological polar surface area (TPSA) is 115 Å². The largest absolute Gasteiger partial charge is 0.448 e. The van der Waals surface area contributed by atoms with E-state index in [-0.39, 0.29) is 22.9 Å². The van der Waals surface area contributed by atoms with Crippen LogP contribution in [0, 0.1) is 0 Å². The second-order valence-electron chi connectivity index (χ2n) is 9.22. The van der Waals surface area contributed by atoms with Crippen molar-refractivity contribution >= 4 is 51.6 Å². The van der Waals surface area contributed by atoms with Crippen LogP contribution in [0.3, 0.4) is 0 Å². The molecule has 1 aromatic heterocycles. The fourth-order valence-electron chi connectivity index (χ4n) is 4.67. The molecule has 3 N–H and O–H groups in total. The van der Waals surface area contributed by atoms with Crippen molar-refractivity contribution in [3.8, 4) is 0 Å². The van der Waals surface area contributed by atoms with Crippen LogP contribution in [0.5, 0.6) is 0 Å². The van der Waals surface area contributed by atoms with Gasteiger partial charge in [0, 0.05) is 23.1 Å². The summed E-state index contributed by atoms with van der Waals surface area (Å²) < 4.78 is 6.15. The molecule has 6 rings (SSSR count). The fraction of sp³-hybridized carbons (Fsp3) is 0.133. The third-order valence-corrected chi connectivity index (χ3v) is 8.97. The first-order valence-corrected chi connectivity index (χ1v) is 14.4. The molecule has 1 fully saturated rings. The molecule has 0 aliphatic carbocycles. The number of hydrogen-bond acceptors (Lipinski definition) is 8. The van der Waals surface area contributed by atoms with Crippen LogP contribution in [0.15, 0.2) is 103 Å². The molecule has 3 aromatic carbocycles. The standard InChI is InChI=1S/C30H24N4O4S2/c31-23-27(36)34-24(29(37)38-25(18-10-4-1-5-11-18)19-12-6-2-7-13-19)21(17-39-28(23)34)22-16-32-30(40-22)33-26(35)20-14-8-3-9-15-20/h1-16,23,25,28H,17,31H2,(H,32,33,35). The van der Waals surface area contributed by atoms with E-state index in [1.165, 1.54) is 28.0 Å². The number of ether oxygens (including phenoxy) is 1. The summed E-state index contributed by atoms with van der Waals surface area (Å²) in [6.07, 6.45) is 0.925. The van der Waals surface area contributed by atoms with E-state index >= 15 is 0 Å². The van der Waals surface area contributed by atoms with Crippen molar-refractivity contribution in [1.29, 1.82) is 0 Å². The summed E-state index contributed by atoms with van der Waals surface area (Å²) >= 11 is 2.72. The highest BCUT2D eigenvalue weighted by Crippen LogP contribution is 2.45. The minimum Gasteiger partial charge on any atom is -0.448 e. The predicted molar refractivity (Wildman–Crippen MR) is 155 cm³/mol. The number of hydrogen-bond donors (Lipinski definition) is 2. The zero-order valence-corrected chi connectivity index (χ0v) is 22.7. The second kappa shape index (κ2) is 11.1. The van der Waals surface area contributed by atoms with E-state index in [9.17, 15) is 14.4 Å². The van der Waals surface area contributed by atoms with Gasteiger partial charge in [-0.1, -0.05) is 90.2 Å². The third-order valence-electron chi connectivity index (χ3n) is 6.69. The molecule has 0 bridgehead atoms. The van der Waals surface area contributed by atoms with Crippen LogP contribution >= 0.6 is 23.1 Å². The molecule has 0 radical (unpaired) electrons. The first-order valence-electron chi connectivity index (χ1n) is 12.6. The number of amides is 2. The van der Waals surface area contributed by atoms with Crippen molar-refractivity contribution in [2.24, 2.45) is 5.73 Å². The lowest BCUT2D eigenvalue weighted by Crippen LogP contribution is -2.68. The Kier molecular flexibility index (Phi) is 7.21. The van der Waals surface area contributed by atoms with Gasteiger partial charge < -0.3 is 10.5 Å². The van der Waals surface area contributed by atoms with Crippen LogP contribution in [0.2, 0.25) is 0 Å². The molecule has 3 heterocycles. The van der Waals surface area contributed by atoms with Crippen molar-refractivity contribution in [2.45, 2.75) is 17.5 Å². The highest BCUT2D eigenvalue weighted by atomic mass is 32.2. The van der Waals surface area contributed by atoms with Gasteiger partial charge in [0.1, 0.15) is 17.1 Å². The van der Waals surface area contributed by atoms with Crippen molar-refractivity contribution in [3.63, 3.8) is 0 Å². The van der Waals surface area contributed by atoms with Crippen molar-refractivity contribution < 1.29 is 19.1 Å². The Bertz CT molecular complexity index is 1550. The van der Waals surface area contributed by atoms with Gasteiger partial charge in [0.2, 0.25) is 5.91 Å². The number of carbonyl (C=O) groups excluding carboxylic acids is 3. The highest BCUT2D eigenvalue weighted by Gasteiger charge is 2.52. The molecule has 2 atom stereocenters. The minimum atomic E-state index is -0.685. The first-order chi connectivity index (χ1) is 19.5. The summed E-state index contributed by atoms with van der Waals surface area (Å²) in [4.78, 5) is 45.9. The molecular weight excluding hydrogens is 544 g/mol. The van der Waals surface area contributed by atoms with Crippen LogP contribution in [0.4, 0.5) is 5.13 Å². The maximum Gasteiger partial charge on any atom is 0.356 e. The quantitative estimate of drug-likeness (QED) is 0.246. The number of β-lactam (4-membered cyclic amide) rings is 1. The highest BCUT2D eigenvalue weighted by molar-refractivity contribution is 8.00. The van der Waals surface area contributed by atoms with Gasteiger partial charge in [-0.25, -0.2) is 9.78 Å². The van der Waals surface area contributed by atoms with Gasteiger partial charge in [0.15, 0.2) is 11.2 Å². The number of anilines is 1. The molecule has 0 saturated carbocycles. The summed E-state index contributed by atoms with van der Waals surface area (Å²) in [7, 11) is 0. The Balaban J connectivity index is 1.34. The van der Waals surface area contributed by atoms with Crippen LogP contribution in [0.25, 0.3) is 5.57 Å². The average molecular weight is 569 g/mol. The fourth-order valence-corrected chi connectivity index (χ4v) is 6.93. The molecule has 2 aliphatic heterocycles. The van der Waals surface area contributed by atoms with Crippen LogP contribution < -0.4 is 11.1 Å². The summed E-state index contributed by atoms with van der Waals surface area (Å²) in [6.45, 7) is 0. The molecule has 10 heteroatoms. The second-order valence-corrected chi connectivity index (χ2v) is 11.4. The molecule has 2 aliphatic rings. The number of rotatable bonds is 7. The molecule has 40 heavy (non-hydrogen) atoms. The Labute approximate surface area is 238 Å². The number of esters is 1. The van der Waals surface area contributed by atoms with Gasteiger partial charge in [-0.15, -0.1) is 11.8 Å². The summed E-state index contributed by atoms with van der Waals surface area (Å²) in [5.74, 6) is -0.811. The smallest absolute Gasteiger partial charge is 0.356 e. The number of thiazole rings is 1. The lowest BCUT2D eigenvalue weighted by atomic mass is 10.0. The maximum absolute atomic E-state index is 13.9. The van der Waals surface area contributed by atoms with E-state index < -0.39 is 18.1 Å². The Morgan fingerprint density at radius 3 is 2.17 bits per heavy atom. The van der Waals surface area contributed by atoms with Gasteiger partial charge in [-0.2, -0.15) is 0 Å². The molecular formula is C30H24N4O4S2. The van der Waals surface area contributed by atoms with E-state index in [0.717, 1.165) is 11.1 Å². The summed E-state index contributed by atoms with van der Waals surface area (Å²) in [5, 5.41) is 2.84. The van der Waals surface area contributed by atoms with Crippen LogP contribution in [-0.4, -0.2) is 44.8 Å². The number of nitrogens with one attached hydrogen (secondary N) is 1. The SMILES string of the molecule is NC1C(=O)N2C(C(=O)OC(c3ccccc3)c3ccccc3)=C(c3cnc(NC(=O)c4ccccc4)s3)CSC12. The zero-order chi connectivity index (χ0) is 27.6. The molecule has 2 unspecified atom stereocenters. The normalized spacial score (nSPS) is 18.2. The van der Waals surface area contributed by atoms with E-state index in [4.69, 9.17) is 10.5 Å². The summed E-state index contributed by atoms with van der Waals surface area (Å²) in [6, 6.07) is 27.1. The van der Waals surface area contributed by atoms with E-state index in [1.54, 1.807) is 30.5 Å². The Morgan fingerprint density at radius 2 is 1.55 bits per heavy atom. The van der Waals surface area contributed by atoms with Gasteiger partial charge in [0.05, 0.1) is 4.88 Å². The van der Waals surface area contributed by atoms with Gasteiger partial charge in [0.25, 0.3) is 5.91 Å². The molecule has 8 nitrogen and oxygen atoms in total. The van der Waals surface area contributed by atoms with Crippen LogP contribution in [-0.2, 0) is 14.3 Å². The zero-order valence-electron chi connectivity index (χ0n) is 21.1. The number of thioether (sulfide) groups is 1. The predicted octanol–water partition coefficient (Wildman–Crippen LogP) is 4.68. The number of benzene rings is 3. The lowest BCUT2D eigenvalue weighted by molar-refractivity contribution is -0.152. The number of aromatic nitrogens is 1. The number of carbonyl (C=O) groups is 3.